The minimum absolute atomic E-state index is 0.102. The monoisotopic (exact) mass is 230 g/mol. The van der Waals surface area contributed by atoms with Gasteiger partial charge < -0.3 is 10.6 Å². The molecule has 2 aliphatic rings. The van der Waals surface area contributed by atoms with Gasteiger partial charge in [-0.1, -0.05) is 35.5 Å². The number of oxime groups is 1. The van der Waals surface area contributed by atoms with E-state index in [2.05, 4.69) is 5.16 Å². The van der Waals surface area contributed by atoms with Crippen LogP contribution in [0.2, 0.25) is 0 Å². The third-order valence-corrected chi connectivity index (χ3v) is 3.71. The van der Waals surface area contributed by atoms with Crippen LogP contribution in [0.5, 0.6) is 0 Å². The van der Waals surface area contributed by atoms with Crippen LogP contribution in [0.25, 0.3) is 0 Å². The van der Waals surface area contributed by atoms with E-state index in [0.717, 1.165) is 24.8 Å². The highest BCUT2D eigenvalue weighted by atomic mass is 16.7. The molecule has 2 N–H and O–H groups in total. The number of rotatable bonds is 2. The van der Waals surface area contributed by atoms with Crippen molar-refractivity contribution in [1.29, 1.82) is 0 Å². The zero-order chi connectivity index (χ0) is 11.9. The highest BCUT2D eigenvalue weighted by Gasteiger charge is 2.54. The number of nitrogens with two attached hydrogens (primary N) is 1. The Balaban J connectivity index is 2.02. The SMILES string of the molecule is NC(=O)C1=NOC2(CCC2)C1c1ccccc1. The van der Waals surface area contributed by atoms with Crippen LogP contribution in [0, 0.1) is 0 Å². The molecule has 1 aromatic rings. The van der Waals surface area contributed by atoms with Crippen molar-refractivity contribution < 1.29 is 9.63 Å². The molecule has 4 heteroatoms. The van der Waals surface area contributed by atoms with Crippen LogP contribution in [0.3, 0.4) is 0 Å². The first-order chi connectivity index (χ1) is 8.23. The maximum Gasteiger partial charge on any atom is 0.267 e. The molecule has 1 heterocycles. The first kappa shape index (κ1) is 10.3. The predicted octanol–water partition coefficient (Wildman–Crippen LogP) is 1.56. The summed E-state index contributed by atoms with van der Waals surface area (Å²) in [4.78, 5) is 16.9. The van der Waals surface area contributed by atoms with E-state index in [-0.39, 0.29) is 11.5 Å². The minimum atomic E-state index is -0.484. The average Bonchev–Trinajstić information content (AvgIpc) is 2.70. The maximum absolute atomic E-state index is 11.4. The van der Waals surface area contributed by atoms with Gasteiger partial charge in [0.25, 0.3) is 5.91 Å². The first-order valence-electron chi connectivity index (χ1n) is 5.84. The smallest absolute Gasteiger partial charge is 0.267 e. The number of amides is 1. The van der Waals surface area contributed by atoms with Crippen molar-refractivity contribution in [3.05, 3.63) is 35.9 Å². The Morgan fingerprint density at radius 1 is 1.35 bits per heavy atom. The van der Waals surface area contributed by atoms with Crippen LogP contribution in [0.4, 0.5) is 0 Å². The summed E-state index contributed by atoms with van der Waals surface area (Å²) in [5.41, 5.74) is 6.48. The van der Waals surface area contributed by atoms with E-state index in [9.17, 15) is 4.79 Å². The normalized spacial score (nSPS) is 24.9. The Morgan fingerprint density at radius 3 is 2.59 bits per heavy atom. The molecule has 0 bridgehead atoms. The fraction of sp³-hybridized carbons (Fsp3) is 0.385. The van der Waals surface area contributed by atoms with E-state index in [0.29, 0.717) is 5.71 Å². The topological polar surface area (TPSA) is 64.7 Å². The highest BCUT2D eigenvalue weighted by molar-refractivity contribution is 6.41. The third-order valence-electron chi connectivity index (χ3n) is 3.71. The number of carbonyl (C=O) groups is 1. The third kappa shape index (κ3) is 1.44. The number of hydrogen-bond donors (Lipinski definition) is 1. The van der Waals surface area contributed by atoms with Crippen molar-refractivity contribution in [2.45, 2.75) is 30.8 Å². The Labute approximate surface area is 99.4 Å². The summed E-state index contributed by atoms with van der Waals surface area (Å²) < 4.78 is 0. The molecule has 0 radical (unpaired) electrons. The van der Waals surface area contributed by atoms with Crippen LogP contribution < -0.4 is 5.73 Å². The Hall–Kier alpha value is -1.84. The molecule has 1 amide bonds. The van der Waals surface area contributed by atoms with Crippen molar-refractivity contribution in [3.63, 3.8) is 0 Å². The highest BCUT2D eigenvalue weighted by Crippen LogP contribution is 2.50. The van der Waals surface area contributed by atoms with Crippen molar-refractivity contribution in [2.75, 3.05) is 0 Å². The van der Waals surface area contributed by atoms with Crippen LogP contribution in [0.15, 0.2) is 35.5 Å². The number of carbonyl (C=O) groups excluding carboxylic acids is 1. The van der Waals surface area contributed by atoms with E-state index in [1.54, 1.807) is 0 Å². The molecule has 1 spiro atoms. The summed E-state index contributed by atoms with van der Waals surface area (Å²) in [6, 6.07) is 9.86. The van der Waals surface area contributed by atoms with Gasteiger partial charge in [0.15, 0.2) is 5.71 Å². The van der Waals surface area contributed by atoms with Gasteiger partial charge >= 0.3 is 0 Å². The maximum atomic E-state index is 11.4. The van der Waals surface area contributed by atoms with Crippen molar-refractivity contribution in [1.82, 2.24) is 0 Å². The Bertz CT molecular complexity index is 477. The summed E-state index contributed by atoms with van der Waals surface area (Å²) in [6.07, 6.45) is 2.99. The summed E-state index contributed by atoms with van der Waals surface area (Å²) in [5, 5.41) is 3.91. The summed E-state index contributed by atoms with van der Waals surface area (Å²) in [6.45, 7) is 0. The zero-order valence-electron chi connectivity index (χ0n) is 9.43. The molecular formula is C13H14N2O2. The van der Waals surface area contributed by atoms with Gasteiger partial charge in [0, 0.05) is 0 Å². The van der Waals surface area contributed by atoms with Crippen LogP contribution in [-0.4, -0.2) is 17.2 Å². The lowest BCUT2D eigenvalue weighted by Crippen LogP contribution is -2.45. The molecule has 3 rings (SSSR count). The minimum Gasteiger partial charge on any atom is -0.388 e. The average molecular weight is 230 g/mol. The van der Waals surface area contributed by atoms with Crippen LogP contribution in [0.1, 0.15) is 30.7 Å². The van der Waals surface area contributed by atoms with Crippen molar-refractivity contribution >= 4 is 11.6 Å². The lowest BCUT2D eigenvalue weighted by Gasteiger charge is -2.40. The van der Waals surface area contributed by atoms with Gasteiger partial charge in [-0.2, -0.15) is 0 Å². The number of hydrogen-bond acceptors (Lipinski definition) is 3. The van der Waals surface area contributed by atoms with Gasteiger partial charge in [0.2, 0.25) is 0 Å². The Kier molecular flexibility index (Phi) is 2.18. The number of primary amides is 1. The van der Waals surface area contributed by atoms with Gasteiger partial charge in [-0.25, -0.2) is 0 Å². The van der Waals surface area contributed by atoms with Gasteiger partial charge in [-0.15, -0.1) is 0 Å². The van der Waals surface area contributed by atoms with E-state index < -0.39 is 5.91 Å². The lowest BCUT2D eigenvalue weighted by atomic mass is 9.67. The molecular weight excluding hydrogens is 216 g/mol. The standard InChI is InChI=1S/C13H14N2O2/c14-12(16)11-10(9-5-2-1-3-6-9)13(17-15-11)7-4-8-13/h1-3,5-6,10H,4,7-8H2,(H2,14,16). The molecule has 1 unspecified atom stereocenters. The van der Waals surface area contributed by atoms with Gasteiger partial charge in [0.1, 0.15) is 5.60 Å². The number of nitrogens with zero attached hydrogens (tertiary/aromatic N) is 1. The molecule has 17 heavy (non-hydrogen) atoms. The molecule has 1 aliphatic carbocycles. The van der Waals surface area contributed by atoms with Crippen molar-refractivity contribution in [3.8, 4) is 0 Å². The second-order valence-corrected chi connectivity index (χ2v) is 4.69. The summed E-state index contributed by atoms with van der Waals surface area (Å²) in [7, 11) is 0. The fourth-order valence-electron chi connectivity index (χ4n) is 2.69. The van der Waals surface area contributed by atoms with E-state index in [4.69, 9.17) is 10.6 Å². The lowest BCUT2D eigenvalue weighted by molar-refractivity contribution is -0.112. The molecule has 1 atom stereocenters. The molecule has 0 aromatic heterocycles. The molecule has 1 fully saturated rings. The predicted molar refractivity (Wildman–Crippen MR) is 63.5 cm³/mol. The summed E-state index contributed by atoms with van der Waals surface area (Å²) in [5.74, 6) is -0.586. The second-order valence-electron chi connectivity index (χ2n) is 4.69. The Morgan fingerprint density at radius 2 is 2.06 bits per heavy atom. The molecule has 88 valence electrons. The van der Waals surface area contributed by atoms with Crippen LogP contribution >= 0.6 is 0 Å². The van der Waals surface area contributed by atoms with Crippen molar-refractivity contribution in [2.24, 2.45) is 10.9 Å². The molecule has 1 aromatic carbocycles. The molecule has 0 saturated heterocycles. The van der Waals surface area contributed by atoms with Gasteiger partial charge in [-0.05, 0) is 24.8 Å². The zero-order valence-corrected chi connectivity index (χ0v) is 9.43. The molecule has 4 nitrogen and oxygen atoms in total. The molecule has 1 aliphatic heterocycles. The van der Waals surface area contributed by atoms with E-state index in [1.807, 2.05) is 30.3 Å². The van der Waals surface area contributed by atoms with Gasteiger partial charge in [0.05, 0.1) is 5.92 Å². The van der Waals surface area contributed by atoms with Gasteiger partial charge in [-0.3, -0.25) is 4.79 Å². The van der Waals surface area contributed by atoms with E-state index in [1.165, 1.54) is 0 Å². The fourth-order valence-corrected chi connectivity index (χ4v) is 2.69. The largest absolute Gasteiger partial charge is 0.388 e. The second kappa shape index (κ2) is 3.58. The molecule has 1 saturated carbocycles. The van der Waals surface area contributed by atoms with E-state index >= 15 is 0 Å². The summed E-state index contributed by atoms with van der Waals surface area (Å²) >= 11 is 0. The number of benzene rings is 1. The quantitative estimate of drug-likeness (QED) is 0.838. The first-order valence-corrected chi connectivity index (χ1v) is 5.84. The van der Waals surface area contributed by atoms with Crippen LogP contribution in [-0.2, 0) is 9.63 Å².